The van der Waals surface area contributed by atoms with Gasteiger partial charge in [-0.3, -0.25) is 0 Å². The SMILES string of the molecule is Brc1cccc(Br)c1.C.C.C.Oc1cc(N(c2ccccc2)c2ccccc2)c2c3ccccc3n(-c3ccccc3)c2c1.c1ccc(N(c2ccccc2)c2cc(Oc3cccc(Oc4cc(N(c5ccccc5)c5ccccc5)c5c6ccccc6n(-c6ccccc6)c5c4)c3)cc3c2c2ccccc2n3-c2ccccc2)cc1. The third kappa shape index (κ3) is 15.5. The fraction of sp³-hybridized carbons (Fsp3) is 0.0286. The van der Waals surface area contributed by atoms with Crippen LogP contribution in [0.4, 0.5) is 51.2 Å². The van der Waals surface area contributed by atoms with Gasteiger partial charge in [-0.05, 0) is 158 Å². The van der Waals surface area contributed by atoms with Gasteiger partial charge in [0.15, 0.2) is 0 Å². The van der Waals surface area contributed by atoms with Crippen molar-refractivity contribution in [1.82, 2.24) is 13.7 Å². The van der Waals surface area contributed by atoms with E-state index in [1.807, 2.05) is 115 Å². The maximum atomic E-state index is 10.9. The first-order chi connectivity index (χ1) is 55.8. The monoisotopic (exact) mass is 1630 g/mol. The summed E-state index contributed by atoms with van der Waals surface area (Å²) in [5.74, 6) is 2.88. The summed E-state index contributed by atoms with van der Waals surface area (Å²) in [6.45, 7) is 0. The topological polar surface area (TPSA) is 63.2 Å². The van der Waals surface area contributed by atoms with Crippen molar-refractivity contribution in [2.75, 3.05) is 14.7 Å². The van der Waals surface area contributed by atoms with Crippen LogP contribution < -0.4 is 24.2 Å². The van der Waals surface area contributed by atoms with Crippen LogP contribution >= 0.6 is 31.9 Å². The van der Waals surface area contributed by atoms with E-state index < -0.39 is 0 Å². The number of aromatic hydroxyl groups is 1. The lowest BCUT2D eigenvalue weighted by Crippen LogP contribution is -2.10. The van der Waals surface area contributed by atoms with E-state index in [2.05, 4.69) is 376 Å². The molecular formula is C105H84Br2N6O3. The number of benzene rings is 17. The number of halogens is 2. The molecule has 3 aromatic heterocycles. The zero-order valence-corrected chi connectivity index (χ0v) is 64.4. The summed E-state index contributed by atoms with van der Waals surface area (Å²) in [7, 11) is 0. The molecule has 20 aromatic rings. The number of nitrogens with zero attached hydrogens (tertiary/aromatic N) is 6. The van der Waals surface area contributed by atoms with Crippen molar-refractivity contribution < 1.29 is 14.6 Å². The number of para-hydroxylation sites is 12. The molecule has 11 heteroatoms. The molecule has 0 bridgehead atoms. The number of aromatic nitrogens is 3. The van der Waals surface area contributed by atoms with E-state index >= 15 is 0 Å². The molecule has 17 aromatic carbocycles. The number of anilines is 9. The fourth-order valence-electron chi connectivity index (χ4n) is 15.4. The summed E-state index contributed by atoms with van der Waals surface area (Å²) in [6, 6.07) is 148. The highest BCUT2D eigenvalue weighted by molar-refractivity contribution is 9.11. The quantitative estimate of drug-likeness (QED) is 0.104. The average molecular weight is 1640 g/mol. The summed E-state index contributed by atoms with van der Waals surface area (Å²) in [4.78, 5) is 6.87. The Hall–Kier alpha value is -14.1. The van der Waals surface area contributed by atoms with Crippen LogP contribution in [0, 0.1) is 0 Å². The Morgan fingerprint density at radius 1 is 0.216 bits per heavy atom. The van der Waals surface area contributed by atoms with Gasteiger partial charge < -0.3 is 43.0 Å². The van der Waals surface area contributed by atoms with Gasteiger partial charge in [0, 0.05) is 135 Å². The number of rotatable bonds is 16. The van der Waals surface area contributed by atoms with Gasteiger partial charge >= 0.3 is 0 Å². The molecule has 0 aliphatic carbocycles. The summed E-state index contributed by atoms with van der Waals surface area (Å²) < 4.78 is 23.2. The molecule has 0 aliphatic rings. The van der Waals surface area contributed by atoms with Crippen LogP contribution in [-0.2, 0) is 0 Å². The second kappa shape index (κ2) is 34.9. The smallest absolute Gasteiger partial charge is 0.131 e. The van der Waals surface area contributed by atoms with Crippen LogP contribution in [0.25, 0.3) is 82.5 Å². The molecule has 20 rings (SSSR count). The zero-order valence-electron chi connectivity index (χ0n) is 61.2. The summed E-state index contributed by atoms with van der Waals surface area (Å²) in [5, 5.41) is 17.7. The van der Waals surface area contributed by atoms with Crippen molar-refractivity contribution in [2.24, 2.45) is 0 Å². The summed E-state index contributed by atoms with van der Waals surface area (Å²) >= 11 is 6.66. The minimum Gasteiger partial charge on any atom is -0.508 e. The summed E-state index contributed by atoms with van der Waals surface area (Å²) in [5.41, 5.74) is 18.7. The molecule has 0 aliphatic heterocycles. The first-order valence-electron chi connectivity index (χ1n) is 37.5. The van der Waals surface area contributed by atoms with E-state index in [4.69, 9.17) is 9.47 Å². The minimum absolute atomic E-state index is 0. The van der Waals surface area contributed by atoms with Crippen molar-refractivity contribution in [1.29, 1.82) is 0 Å². The van der Waals surface area contributed by atoms with E-state index in [9.17, 15) is 5.11 Å². The van der Waals surface area contributed by atoms with Gasteiger partial charge in [0.1, 0.15) is 28.7 Å². The predicted octanol–water partition coefficient (Wildman–Crippen LogP) is 31.5. The molecule has 1 N–H and O–H groups in total. The van der Waals surface area contributed by atoms with Crippen LogP contribution in [0.2, 0.25) is 0 Å². The van der Waals surface area contributed by atoms with Crippen LogP contribution in [0.1, 0.15) is 22.3 Å². The molecule has 0 unspecified atom stereocenters. The first kappa shape index (κ1) is 77.2. The van der Waals surface area contributed by atoms with Crippen LogP contribution in [-0.4, -0.2) is 18.8 Å². The molecule has 0 radical (unpaired) electrons. The molecule has 566 valence electrons. The molecule has 116 heavy (non-hydrogen) atoms. The van der Waals surface area contributed by atoms with E-state index in [1.165, 1.54) is 0 Å². The Morgan fingerprint density at radius 3 is 0.750 bits per heavy atom. The van der Waals surface area contributed by atoms with Gasteiger partial charge in [0.25, 0.3) is 0 Å². The predicted molar refractivity (Wildman–Crippen MR) is 497 cm³/mol. The van der Waals surface area contributed by atoms with E-state index in [0.717, 1.165) is 143 Å². The van der Waals surface area contributed by atoms with E-state index in [0.29, 0.717) is 23.0 Å². The lowest BCUT2D eigenvalue weighted by atomic mass is 10.1. The molecule has 0 amide bonds. The van der Waals surface area contributed by atoms with Crippen LogP contribution in [0.5, 0.6) is 28.7 Å². The third-order valence-electron chi connectivity index (χ3n) is 20.1. The molecule has 0 fully saturated rings. The van der Waals surface area contributed by atoms with Crippen molar-refractivity contribution in [2.45, 2.75) is 22.3 Å². The molecule has 9 nitrogen and oxygen atoms in total. The number of phenolic OH excluding ortho intramolecular Hbond substituents is 1. The maximum Gasteiger partial charge on any atom is 0.131 e. The van der Waals surface area contributed by atoms with Crippen molar-refractivity contribution in [3.05, 3.63) is 440 Å². The second-order valence-corrected chi connectivity index (χ2v) is 29.1. The summed E-state index contributed by atoms with van der Waals surface area (Å²) in [6.07, 6.45) is 0. The van der Waals surface area contributed by atoms with Gasteiger partial charge in [-0.25, -0.2) is 0 Å². The van der Waals surface area contributed by atoms with Gasteiger partial charge in [-0.2, -0.15) is 0 Å². The third-order valence-corrected chi connectivity index (χ3v) is 21.1. The molecule has 0 atom stereocenters. The van der Waals surface area contributed by atoms with E-state index in [-0.39, 0.29) is 28.0 Å². The lowest BCUT2D eigenvalue weighted by Gasteiger charge is -2.27. The Bertz CT molecular complexity index is 6320. The van der Waals surface area contributed by atoms with Crippen LogP contribution in [0.3, 0.4) is 0 Å². The largest absolute Gasteiger partial charge is 0.508 e. The zero-order chi connectivity index (χ0) is 76.0. The highest BCUT2D eigenvalue weighted by Crippen LogP contribution is 2.51. The molecular weight excluding hydrogens is 1550 g/mol. The van der Waals surface area contributed by atoms with Crippen molar-refractivity contribution in [3.8, 4) is 45.8 Å². The first-order valence-corrected chi connectivity index (χ1v) is 39.1. The minimum atomic E-state index is 0. The van der Waals surface area contributed by atoms with Gasteiger partial charge in [0.05, 0.1) is 50.2 Å². The molecule has 0 saturated carbocycles. The van der Waals surface area contributed by atoms with E-state index in [1.54, 1.807) is 0 Å². The van der Waals surface area contributed by atoms with Gasteiger partial charge in [-0.15, -0.1) is 0 Å². The molecule has 0 saturated heterocycles. The Labute approximate surface area is 694 Å². The fourth-order valence-corrected chi connectivity index (χ4v) is 16.6. The Balaban J connectivity index is 0.000000198. The molecule has 0 spiro atoms. The van der Waals surface area contributed by atoms with Crippen LogP contribution in [0.15, 0.2) is 440 Å². The highest BCUT2D eigenvalue weighted by atomic mass is 79.9. The molecule has 3 heterocycles. The average Bonchev–Trinajstić information content (AvgIpc) is 1.59. The number of hydrogen-bond donors (Lipinski definition) is 1. The normalized spacial score (nSPS) is 10.8. The number of hydrogen-bond acceptors (Lipinski definition) is 6. The van der Waals surface area contributed by atoms with Crippen molar-refractivity contribution >= 4 is 148 Å². The van der Waals surface area contributed by atoms with Gasteiger partial charge in [-0.1, -0.05) is 285 Å². The number of phenols is 1. The Morgan fingerprint density at radius 2 is 0.466 bits per heavy atom. The second-order valence-electron chi connectivity index (χ2n) is 27.2. The van der Waals surface area contributed by atoms with Crippen molar-refractivity contribution in [3.63, 3.8) is 0 Å². The van der Waals surface area contributed by atoms with Gasteiger partial charge in [0.2, 0.25) is 0 Å². The number of fused-ring (bicyclic) bond motifs is 9. The standard InChI is InChI=1S/C66H46N4O2.C30H22N2O.C6H4Br2.3CH4/c1-7-24-47(25-8-1)67(48-26-9-2-10-27-48)61-43-55(45-63-65(61)57-38-19-21-40-59(57)69(63)51-32-15-5-16-33-51)71-53-36-23-37-54(42-53)72-56-44-62(68(49-28-11-3-12-29-49)50-30-13-4-14-31-50)66-58-39-20-22-41-60(58)70(64(66)46-56)52-34-17-6-18-35-52;33-25-20-28(31(22-12-4-1-5-13-22)23-14-6-2-7-15-23)30-26-18-10-11-19-27(26)32(29(30)21-25)24-16-8-3-9-17-24;7-5-2-1-3-6(8)4-5;;;/h1-46H;1-21,33H;1-4H;3*1H4. The maximum absolute atomic E-state index is 10.9. The Kier molecular flexibility index (Phi) is 23.2. The lowest BCUT2D eigenvalue weighted by molar-refractivity contribution is 0.461. The number of ether oxygens (including phenoxy) is 2. The highest BCUT2D eigenvalue weighted by Gasteiger charge is 2.27.